The first-order valence-electron chi connectivity index (χ1n) is 6.68. The third-order valence-electron chi connectivity index (χ3n) is 4.20. The minimum absolute atomic E-state index is 0.0767. The Hall–Kier alpha value is -0.770. The zero-order valence-electron chi connectivity index (χ0n) is 11.7. The van der Waals surface area contributed by atoms with E-state index >= 15 is 0 Å². The lowest BCUT2D eigenvalue weighted by Crippen LogP contribution is -2.44. The van der Waals surface area contributed by atoms with Crippen molar-refractivity contribution >= 4 is 6.09 Å². The fourth-order valence-corrected chi connectivity index (χ4v) is 2.64. The van der Waals surface area contributed by atoms with E-state index in [1.807, 2.05) is 13.8 Å². The van der Waals surface area contributed by atoms with Crippen molar-refractivity contribution in [2.75, 3.05) is 19.7 Å². The molecule has 2 saturated heterocycles. The number of nitrogens with one attached hydrogen (secondary N) is 2. The highest BCUT2D eigenvalue weighted by Crippen LogP contribution is 2.40. The molecule has 2 aliphatic heterocycles. The first-order valence-corrected chi connectivity index (χ1v) is 6.68. The zero-order chi connectivity index (χ0) is 13.1. The van der Waals surface area contributed by atoms with Gasteiger partial charge in [0.1, 0.15) is 0 Å². The van der Waals surface area contributed by atoms with Crippen LogP contribution in [0, 0.1) is 17.3 Å². The van der Waals surface area contributed by atoms with Crippen LogP contribution >= 0.6 is 0 Å². The van der Waals surface area contributed by atoms with Gasteiger partial charge in [-0.2, -0.15) is 0 Å². The Balaban J connectivity index is 0.000000686. The zero-order valence-corrected chi connectivity index (χ0v) is 11.7. The smallest absolute Gasteiger partial charge is 0.407 e. The van der Waals surface area contributed by atoms with Crippen LogP contribution in [0.5, 0.6) is 0 Å². The molecule has 0 saturated carbocycles. The molecule has 2 rings (SSSR count). The predicted octanol–water partition coefficient (Wildman–Crippen LogP) is 2.00. The molecule has 3 atom stereocenters. The van der Waals surface area contributed by atoms with Crippen LogP contribution in [0.25, 0.3) is 0 Å². The average molecular weight is 242 g/mol. The molecule has 2 heterocycles. The molecule has 0 spiro atoms. The number of rotatable bonds is 1. The Morgan fingerprint density at radius 2 is 2.00 bits per heavy atom. The number of carbonyl (C=O) groups excluding carboxylic acids is 1. The number of cyclic esters (lactones) is 1. The quantitative estimate of drug-likeness (QED) is 0.739. The summed E-state index contributed by atoms with van der Waals surface area (Å²) in [5.74, 6) is 0.988. The molecule has 0 aromatic carbocycles. The molecule has 0 radical (unpaired) electrons. The first kappa shape index (κ1) is 14.3. The van der Waals surface area contributed by atoms with E-state index in [-0.39, 0.29) is 17.6 Å². The van der Waals surface area contributed by atoms with Crippen molar-refractivity contribution in [3.63, 3.8) is 0 Å². The second-order valence-corrected chi connectivity index (χ2v) is 5.25. The second-order valence-electron chi connectivity index (χ2n) is 5.25. The molecule has 2 aliphatic rings. The van der Waals surface area contributed by atoms with Gasteiger partial charge < -0.3 is 15.4 Å². The molecule has 0 aromatic heterocycles. The lowest BCUT2D eigenvalue weighted by atomic mass is 9.68. The highest BCUT2D eigenvalue weighted by molar-refractivity contribution is 5.68. The summed E-state index contributed by atoms with van der Waals surface area (Å²) in [6, 6.07) is 0.229. The van der Waals surface area contributed by atoms with Gasteiger partial charge in [0.05, 0.1) is 6.61 Å². The summed E-state index contributed by atoms with van der Waals surface area (Å²) in [4.78, 5) is 11.4. The molecule has 0 aromatic rings. The van der Waals surface area contributed by atoms with Crippen molar-refractivity contribution < 1.29 is 9.53 Å². The van der Waals surface area contributed by atoms with E-state index in [0.29, 0.717) is 18.4 Å². The SMILES string of the molecule is CC.CC(C)C1(C)COC(=O)NC2CNCC21. The van der Waals surface area contributed by atoms with Gasteiger partial charge in [-0.3, -0.25) is 0 Å². The molecule has 2 fully saturated rings. The molecule has 0 bridgehead atoms. The highest BCUT2D eigenvalue weighted by Gasteiger charge is 2.47. The fraction of sp³-hybridized carbons (Fsp3) is 0.923. The fourth-order valence-electron chi connectivity index (χ4n) is 2.64. The van der Waals surface area contributed by atoms with Gasteiger partial charge in [0.25, 0.3) is 0 Å². The van der Waals surface area contributed by atoms with Crippen molar-refractivity contribution in [1.29, 1.82) is 0 Å². The van der Waals surface area contributed by atoms with Crippen LogP contribution in [0.15, 0.2) is 0 Å². The minimum atomic E-state index is -0.266. The summed E-state index contributed by atoms with van der Waals surface area (Å²) in [6.45, 7) is 13.0. The predicted molar refractivity (Wildman–Crippen MR) is 68.9 cm³/mol. The summed E-state index contributed by atoms with van der Waals surface area (Å²) in [7, 11) is 0. The van der Waals surface area contributed by atoms with E-state index in [1.165, 1.54) is 0 Å². The van der Waals surface area contributed by atoms with Crippen molar-refractivity contribution in [2.24, 2.45) is 17.3 Å². The van der Waals surface area contributed by atoms with Crippen LogP contribution in [-0.4, -0.2) is 31.8 Å². The number of carbonyl (C=O) groups is 1. The van der Waals surface area contributed by atoms with E-state index in [9.17, 15) is 4.79 Å². The Morgan fingerprint density at radius 1 is 1.35 bits per heavy atom. The van der Waals surface area contributed by atoms with Gasteiger partial charge in [-0.1, -0.05) is 34.6 Å². The van der Waals surface area contributed by atoms with Crippen LogP contribution in [-0.2, 0) is 4.74 Å². The standard InChI is InChI=1S/C11H20N2O2.C2H6/c1-7(2)11(3)6-15-10(14)13-9-5-12-4-8(9)11;1-2/h7-9,12H,4-6H2,1-3H3,(H,13,14);1-2H3. The summed E-state index contributed by atoms with van der Waals surface area (Å²) >= 11 is 0. The maximum atomic E-state index is 11.4. The maximum Gasteiger partial charge on any atom is 0.407 e. The molecular weight excluding hydrogens is 216 g/mol. The van der Waals surface area contributed by atoms with Crippen LogP contribution in [0.2, 0.25) is 0 Å². The molecule has 3 unspecified atom stereocenters. The summed E-state index contributed by atoms with van der Waals surface area (Å²) in [5, 5.41) is 6.28. The average Bonchev–Trinajstić information content (AvgIpc) is 2.72. The molecule has 100 valence electrons. The van der Waals surface area contributed by atoms with Crippen molar-refractivity contribution in [2.45, 2.75) is 40.7 Å². The van der Waals surface area contributed by atoms with Gasteiger partial charge >= 0.3 is 6.09 Å². The Kier molecular flexibility index (Phi) is 4.80. The van der Waals surface area contributed by atoms with Crippen LogP contribution < -0.4 is 10.6 Å². The third-order valence-corrected chi connectivity index (χ3v) is 4.20. The third kappa shape index (κ3) is 2.73. The van der Waals surface area contributed by atoms with E-state index in [2.05, 4.69) is 31.4 Å². The van der Waals surface area contributed by atoms with E-state index in [0.717, 1.165) is 13.1 Å². The number of fused-ring (bicyclic) bond motifs is 1. The molecule has 4 heteroatoms. The largest absolute Gasteiger partial charge is 0.449 e. The van der Waals surface area contributed by atoms with E-state index in [1.54, 1.807) is 0 Å². The monoisotopic (exact) mass is 242 g/mol. The van der Waals surface area contributed by atoms with E-state index in [4.69, 9.17) is 4.74 Å². The van der Waals surface area contributed by atoms with Gasteiger partial charge in [0.2, 0.25) is 0 Å². The number of alkyl carbamates (subject to hydrolysis) is 1. The summed E-state index contributed by atoms with van der Waals surface area (Å²) in [6.07, 6.45) is -0.266. The molecule has 0 aliphatic carbocycles. The lowest BCUT2D eigenvalue weighted by molar-refractivity contribution is 0.0412. The highest BCUT2D eigenvalue weighted by atomic mass is 16.5. The molecule has 4 nitrogen and oxygen atoms in total. The topological polar surface area (TPSA) is 50.4 Å². The van der Waals surface area contributed by atoms with Crippen LogP contribution in [0.1, 0.15) is 34.6 Å². The Labute approximate surface area is 104 Å². The van der Waals surface area contributed by atoms with Crippen molar-refractivity contribution in [3.05, 3.63) is 0 Å². The van der Waals surface area contributed by atoms with Crippen LogP contribution in [0.3, 0.4) is 0 Å². The lowest BCUT2D eigenvalue weighted by Gasteiger charge is -2.38. The number of hydrogen-bond acceptors (Lipinski definition) is 3. The maximum absolute atomic E-state index is 11.4. The van der Waals surface area contributed by atoms with Gasteiger partial charge in [-0.15, -0.1) is 0 Å². The van der Waals surface area contributed by atoms with Crippen molar-refractivity contribution in [3.8, 4) is 0 Å². The van der Waals surface area contributed by atoms with Gasteiger partial charge in [0, 0.05) is 30.5 Å². The van der Waals surface area contributed by atoms with Gasteiger partial charge in [0.15, 0.2) is 0 Å². The minimum Gasteiger partial charge on any atom is -0.449 e. The molecular formula is C13H26N2O2. The second kappa shape index (κ2) is 5.71. The normalized spacial score (nSPS) is 36.2. The molecule has 1 amide bonds. The summed E-state index contributed by atoms with van der Waals surface area (Å²) in [5.41, 5.74) is 0.0767. The number of ether oxygens (including phenoxy) is 1. The summed E-state index contributed by atoms with van der Waals surface area (Å²) < 4.78 is 5.24. The van der Waals surface area contributed by atoms with E-state index < -0.39 is 0 Å². The Morgan fingerprint density at radius 3 is 2.59 bits per heavy atom. The molecule has 2 N–H and O–H groups in total. The van der Waals surface area contributed by atoms with Crippen molar-refractivity contribution in [1.82, 2.24) is 10.6 Å². The number of amides is 1. The molecule has 17 heavy (non-hydrogen) atoms. The first-order chi connectivity index (χ1) is 8.04. The number of hydrogen-bond donors (Lipinski definition) is 2. The van der Waals surface area contributed by atoms with Gasteiger partial charge in [-0.05, 0) is 5.92 Å². The van der Waals surface area contributed by atoms with Gasteiger partial charge in [-0.25, -0.2) is 4.79 Å². The van der Waals surface area contributed by atoms with Crippen LogP contribution in [0.4, 0.5) is 4.79 Å². The Bertz CT molecular complexity index is 268.